The monoisotopic (exact) mass is 559 g/mol. The summed E-state index contributed by atoms with van der Waals surface area (Å²) >= 11 is 0. The maximum absolute atomic E-state index is 12.5. The topological polar surface area (TPSA) is 66.1 Å². The van der Waals surface area contributed by atoms with Crippen molar-refractivity contribution >= 4 is 0 Å². The molecule has 0 aliphatic rings. The summed E-state index contributed by atoms with van der Waals surface area (Å²) in [6.45, 7) is 19.6. The van der Waals surface area contributed by atoms with Crippen LogP contribution in [0, 0.1) is 17.8 Å². The second-order valence-electron chi connectivity index (χ2n) is 12.4. The number of rotatable bonds is 29. The Morgan fingerprint density at radius 3 is 1.69 bits per heavy atom. The van der Waals surface area contributed by atoms with Crippen LogP contribution in [0.15, 0.2) is 0 Å². The van der Waals surface area contributed by atoms with Gasteiger partial charge in [0.15, 0.2) is 12.6 Å². The highest BCUT2D eigenvalue weighted by Gasteiger charge is 2.34. The fraction of sp³-hybridized carbons (Fsp3) is 1.00. The molecule has 0 spiro atoms. The second kappa shape index (κ2) is 25.5. The van der Waals surface area contributed by atoms with E-state index in [-0.39, 0.29) is 5.92 Å². The van der Waals surface area contributed by atoms with Crippen molar-refractivity contribution < 1.29 is 28.8 Å². The molecule has 0 aromatic rings. The Bertz CT molecular complexity index is 512. The molecule has 0 bridgehead atoms. The van der Waals surface area contributed by atoms with E-state index in [1.807, 2.05) is 13.8 Å². The molecule has 0 aromatic heterocycles. The highest BCUT2D eigenvalue weighted by atomic mass is 16.9. The Labute approximate surface area is 243 Å². The molecule has 0 heterocycles. The van der Waals surface area contributed by atoms with E-state index in [2.05, 4.69) is 41.5 Å². The van der Waals surface area contributed by atoms with Gasteiger partial charge in [-0.1, -0.05) is 100 Å². The van der Waals surface area contributed by atoms with Gasteiger partial charge < -0.3 is 23.7 Å². The lowest BCUT2D eigenvalue weighted by Crippen LogP contribution is -2.41. The van der Waals surface area contributed by atoms with Crippen molar-refractivity contribution in [3.63, 3.8) is 0 Å². The molecular weight excluding hydrogens is 492 g/mol. The fourth-order valence-corrected chi connectivity index (χ4v) is 4.17. The predicted octanol–water partition coefficient (Wildman–Crippen LogP) is 9.67. The molecule has 6 nitrogen and oxygen atoms in total. The third-order valence-electron chi connectivity index (χ3n) is 6.89. The SMILES string of the molecule is CCCCCCCOC(CCCC(OCCCCCC)(OCCCC(C)C)OCCC(C)C)OC([O])C(C)C. The molecule has 0 saturated heterocycles. The average Bonchev–Trinajstić information content (AvgIpc) is 2.87. The van der Waals surface area contributed by atoms with E-state index >= 15 is 0 Å². The molecule has 0 N–H and O–H groups in total. The Hall–Kier alpha value is -0.240. The Morgan fingerprint density at radius 1 is 0.564 bits per heavy atom. The van der Waals surface area contributed by atoms with E-state index in [1.54, 1.807) is 0 Å². The van der Waals surface area contributed by atoms with Gasteiger partial charge in [-0.15, -0.1) is 0 Å². The summed E-state index contributed by atoms with van der Waals surface area (Å²) in [6.07, 6.45) is 13.8. The Morgan fingerprint density at radius 2 is 1.10 bits per heavy atom. The first-order valence-electron chi connectivity index (χ1n) is 16.5. The summed E-state index contributed by atoms with van der Waals surface area (Å²) in [5, 5.41) is 12.5. The van der Waals surface area contributed by atoms with Gasteiger partial charge >= 0.3 is 0 Å². The summed E-state index contributed by atoms with van der Waals surface area (Å²) < 4.78 is 31.1. The largest absolute Gasteiger partial charge is 0.353 e. The third kappa shape index (κ3) is 23.1. The van der Waals surface area contributed by atoms with Gasteiger partial charge in [-0.3, -0.25) is 0 Å². The van der Waals surface area contributed by atoms with Gasteiger partial charge in [-0.05, 0) is 56.8 Å². The molecular formula is C33H67O6. The zero-order valence-electron chi connectivity index (χ0n) is 27.3. The van der Waals surface area contributed by atoms with Gasteiger partial charge in [-0.25, -0.2) is 5.11 Å². The molecule has 3 atom stereocenters. The van der Waals surface area contributed by atoms with Crippen LogP contribution in [0.2, 0.25) is 0 Å². The molecule has 0 fully saturated rings. The van der Waals surface area contributed by atoms with Crippen LogP contribution in [-0.4, -0.2) is 45.0 Å². The summed E-state index contributed by atoms with van der Waals surface area (Å²) in [6, 6.07) is 0. The predicted molar refractivity (Wildman–Crippen MR) is 161 cm³/mol. The van der Waals surface area contributed by atoms with E-state index in [0.717, 1.165) is 51.4 Å². The normalized spacial score (nSPS) is 15.4. The highest BCUT2D eigenvalue weighted by Crippen LogP contribution is 2.27. The number of unbranched alkanes of at least 4 members (excludes halogenated alkanes) is 7. The highest BCUT2D eigenvalue weighted by molar-refractivity contribution is 4.64. The van der Waals surface area contributed by atoms with E-state index in [9.17, 15) is 5.11 Å². The van der Waals surface area contributed by atoms with Gasteiger partial charge in [0, 0.05) is 18.9 Å². The van der Waals surface area contributed by atoms with Crippen molar-refractivity contribution in [2.75, 3.05) is 26.4 Å². The summed E-state index contributed by atoms with van der Waals surface area (Å²) in [4.78, 5) is 0. The lowest BCUT2D eigenvalue weighted by atomic mass is 10.1. The third-order valence-corrected chi connectivity index (χ3v) is 6.89. The zero-order valence-corrected chi connectivity index (χ0v) is 27.3. The molecule has 0 aliphatic carbocycles. The average molecular weight is 560 g/mol. The number of hydrogen-bond donors (Lipinski definition) is 0. The first-order chi connectivity index (χ1) is 18.7. The van der Waals surface area contributed by atoms with Gasteiger partial charge in [-0.2, -0.15) is 0 Å². The molecule has 1 radical (unpaired) electrons. The van der Waals surface area contributed by atoms with Gasteiger partial charge in [0.05, 0.1) is 19.8 Å². The zero-order chi connectivity index (χ0) is 29.4. The molecule has 0 aliphatic heterocycles. The maximum Gasteiger partial charge on any atom is 0.282 e. The molecule has 39 heavy (non-hydrogen) atoms. The lowest BCUT2D eigenvalue weighted by Gasteiger charge is -2.34. The van der Waals surface area contributed by atoms with Gasteiger partial charge in [0.25, 0.3) is 5.97 Å². The van der Waals surface area contributed by atoms with Crippen LogP contribution in [0.3, 0.4) is 0 Å². The minimum Gasteiger partial charge on any atom is -0.353 e. The first-order valence-corrected chi connectivity index (χ1v) is 16.5. The first kappa shape index (κ1) is 38.8. The van der Waals surface area contributed by atoms with E-state index < -0.39 is 18.6 Å². The summed E-state index contributed by atoms with van der Waals surface area (Å²) in [7, 11) is 0. The minimum absolute atomic E-state index is 0.102. The van der Waals surface area contributed by atoms with E-state index in [1.165, 1.54) is 32.1 Å². The minimum atomic E-state index is -1.09. The van der Waals surface area contributed by atoms with Gasteiger partial charge in [0.2, 0.25) is 0 Å². The van der Waals surface area contributed by atoms with Crippen molar-refractivity contribution in [2.24, 2.45) is 17.8 Å². The molecule has 0 rings (SSSR count). The molecule has 3 unspecified atom stereocenters. The number of ether oxygens (including phenoxy) is 5. The van der Waals surface area contributed by atoms with Crippen molar-refractivity contribution in [1.82, 2.24) is 0 Å². The lowest BCUT2D eigenvalue weighted by molar-refractivity contribution is -0.385. The molecule has 6 heteroatoms. The fourth-order valence-electron chi connectivity index (χ4n) is 4.17. The second-order valence-corrected chi connectivity index (χ2v) is 12.4. The van der Waals surface area contributed by atoms with Gasteiger partial charge in [0.1, 0.15) is 0 Å². The molecule has 235 valence electrons. The van der Waals surface area contributed by atoms with Crippen molar-refractivity contribution in [3.8, 4) is 0 Å². The van der Waals surface area contributed by atoms with Crippen LogP contribution in [0.1, 0.15) is 152 Å². The number of hydrogen-bond acceptors (Lipinski definition) is 5. The van der Waals surface area contributed by atoms with Crippen LogP contribution in [0.5, 0.6) is 0 Å². The van der Waals surface area contributed by atoms with E-state index in [0.29, 0.717) is 51.1 Å². The summed E-state index contributed by atoms with van der Waals surface area (Å²) in [5.74, 6) is 0.0203. The van der Waals surface area contributed by atoms with Crippen LogP contribution < -0.4 is 0 Å². The molecule has 0 amide bonds. The Balaban J connectivity index is 5.27. The molecule has 0 saturated carbocycles. The quantitative estimate of drug-likeness (QED) is 0.0674. The smallest absolute Gasteiger partial charge is 0.282 e. The standard InChI is InChI=1S/C33H67O6/c1-9-11-13-15-16-24-35-31(39-32(34)30(7)8)21-18-23-33(38-27-22-29(5)6,36-25-17-14-12-10-2)37-26-19-20-28(3)4/h28-32H,9-27H2,1-8H3. The van der Waals surface area contributed by atoms with Crippen LogP contribution in [0.25, 0.3) is 0 Å². The van der Waals surface area contributed by atoms with E-state index in [4.69, 9.17) is 23.7 Å². The maximum atomic E-state index is 12.5. The van der Waals surface area contributed by atoms with Crippen molar-refractivity contribution in [1.29, 1.82) is 0 Å². The van der Waals surface area contributed by atoms with Crippen LogP contribution >= 0.6 is 0 Å². The van der Waals surface area contributed by atoms with Crippen molar-refractivity contribution in [2.45, 2.75) is 170 Å². The Kier molecular flexibility index (Phi) is 25.3. The van der Waals surface area contributed by atoms with Crippen molar-refractivity contribution in [3.05, 3.63) is 0 Å². The molecule has 0 aromatic carbocycles. The van der Waals surface area contributed by atoms with Crippen LogP contribution in [0.4, 0.5) is 0 Å². The summed E-state index contributed by atoms with van der Waals surface area (Å²) in [5.41, 5.74) is 0. The van der Waals surface area contributed by atoms with Crippen LogP contribution in [-0.2, 0) is 28.8 Å².